The van der Waals surface area contributed by atoms with E-state index in [4.69, 9.17) is 11.5 Å². The highest BCUT2D eigenvalue weighted by molar-refractivity contribution is 7.08. The molecule has 5 N–H and O–H groups in total. The number of hydrogen-bond acceptors (Lipinski definition) is 7. The van der Waals surface area contributed by atoms with Crippen molar-refractivity contribution < 1.29 is 0 Å². The lowest BCUT2D eigenvalue weighted by Gasteiger charge is -2.05. The predicted molar refractivity (Wildman–Crippen MR) is 65.0 cm³/mol. The Kier molecular flexibility index (Phi) is 2.86. The molecule has 0 aliphatic heterocycles. The van der Waals surface area contributed by atoms with E-state index in [1.807, 2.05) is 0 Å². The maximum Gasteiger partial charge on any atom is 0.229 e. The molecule has 84 valence electrons. The number of thiophene rings is 1. The van der Waals surface area contributed by atoms with Gasteiger partial charge < -0.3 is 16.8 Å². The summed E-state index contributed by atoms with van der Waals surface area (Å²) in [4.78, 5) is 11.6. The molecule has 0 aliphatic carbocycles. The molecule has 0 bridgehead atoms. The zero-order valence-corrected chi connectivity index (χ0v) is 9.58. The molecular formula is C9H12N6S. The quantitative estimate of drug-likeness (QED) is 0.735. The van der Waals surface area contributed by atoms with Gasteiger partial charge in [0.1, 0.15) is 0 Å². The normalized spacial score (nSPS) is 10.3. The number of aromatic nitrogens is 3. The third-order valence-electron chi connectivity index (χ3n) is 2.07. The van der Waals surface area contributed by atoms with Gasteiger partial charge in [0.25, 0.3) is 0 Å². The van der Waals surface area contributed by atoms with Crippen molar-refractivity contribution in [1.82, 2.24) is 15.0 Å². The maximum absolute atomic E-state index is 5.46. The molecule has 6 nitrogen and oxygen atoms in total. The van der Waals surface area contributed by atoms with Crippen molar-refractivity contribution in [3.05, 3.63) is 21.9 Å². The SMILES string of the molecule is Cc1cscc1CNc1nc(N)nc(N)n1. The van der Waals surface area contributed by atoms with E-state index in [0.29, 0.717) is 12.5 Å². The molecule has 2 aromatic heterocycles. The van der Waals surface area contributed by atoms with E-state index in [0.717, 1.165) is 0 Å². The zero-order chi connectivity index (χ0) is 11.5. The van der Waals surface area contributed by atoms with Crippen LogP contribution in [0.15, 0.2) is 10.8 Å². The van der Waals surface area contributed by atoms with E-state index in [1.165, 1.54) is 11.1 Å². The lowest BCUT2D eigenvalue weighted by Crippen LogP contribution is -2.09. The molecule has 0 saturated carbocycles. The molecule has 0 aliphatic rings. The minimum atomic E-state index is 0.122. The smallest absolute Gasteiger partial charge is 0.229 e. The Morgan fingerprint density at radius 1 is 1.19 bits per heavy atom. The second kappa shape index (κ2) is 4.31. The van der Waals surface area contributed by atoms with Crippen LogP contribution in [0, 0.1) is 6.92 Å². The van der Waals surface area contributed by atoms with Crippen LogP contribution in [0.25, 0.3) is 0 Å². The van der Waals surface area contributed by atoms with Gasteiger partial charge >= 0.3 is 0 Å². The summed E-state index contributed by atoms with van der Waals surface area (Å²) in [5.74, 6) is 0.643. The van der Waals surface area contributed by atoms with Gasteiger partial charge in [-0.1, -0.05) is 0 Å². The lowest BCUT2D eigenvalue weighted by molar-refractivity contribution is 1.02. The van der Waals surface area contributed by atoms with Crippen LogP contribution in [0.2, 0.25) is 0 Å². The van der Waals surface area contributed by atoms with Gasteiger partial charge in [-0.25, -0.2) is 0 Å². The van der Waals surface area contributed by atoms with Crippen LogP contribution in [0.3, 0.4) is 0 Å². The van der Waals surface area contributed by atoms with Gasteiger partial charge in [0.15, 0.2) is 0 Å². The summed E-state index contributed by atoms with van der Waals surface area (Å²) in [7, 11) is 0. The summed E-state index contributed by atoms with van der Waals surface area (Å²) in [6.07, 6.45) is 0. The number of hydrogen-bond donors (Lipinski definition) is 3. The predicted octanol–water partition coefficient (Wildman–Crippen LogP) is 1.02. The fourth-order valence-electron chi connectivity index (χ4n) is 1.23. The Labute approximate surface area is 96.7 Å². The summed E-state index contributed by atoms with van der Waals surface area (Å²) < 4.78 is 0. The molecule has 0 spiro atoms. The first kappa shape index (κ1) is 10.6. The number of aryl methyl sites for hydroxylation is 1. The van der Waals surface area contributed by atoms with Crippen molar-refractivity contribution in [1.29, 1.82) is 0 Å². The molecule has 0 fully saturated rings. The van der Waals surface area contributed by atoms with Crippen molar-refractivity contribution in [2.24, 2.45) is 0 Å². The summed E-state index contributed by atoms with van der Waals surface area (Å²) in [5, 5.41) is 7.22. The van der Waals surface area contributed by atoms with Gasteiger partial charge in [0.2, 0.25) is 17.8 Å². The van der Waals surface area contributed by atoms with Crippen molar-refractivity contribution >= 4 is 29.2 Å². The third-order valence-corrected chi connectivity index (χ3v) is 2.98. The van der Waals surface area contributed by atoms with E-state index in [-0.39, 0.29) is 11.9 Å². The van der Waals surface area contributed by atoms with E-state index < -0.39 is 0 Å². The minimum Gasteiger partial charge on any atom is -0.368 e. The molecular weight excluding hydrogens is 224 g/mol. The van der Waals surface area contributed by atoms with E-state index >= 15 is 0 Å². The fraction of sp³-hybridized carbons (Fsp3) is 0.222. The summed E-state index contributed by atoms with van der Waals surface area (Å²) >= 11 is 1.67. The van der Waals surface area contributed by atoms with Crippen LogP contribution >= 0.6 is 11.3 Å². The molecule has 0 aromatic carbocycles. The number of nitrogens with two attached hydrogens (primary N) is 2. The van der Waals surface area contributed by atoms with Crippen molar-refractivity contribution in [2.75, 3.05) is 16.8 Å². The highest BCUT2D eigenvalue weighted by Crippen LogP contribution is 2.15. The van der Waals surface area contributed by atoms with Gasteiger partial charge in [-0.2, -0.15) is 26.3 Å². The van der Waals surface area contributed by atoms with Gasteiger partial charge in [-0.3, -0.25) is 0 Å². The number of nitrogens with zero attached hydrogens (tertiary/aromatic N) is 3. The van der Waals surface area contributed by atoms with Crippen molar-refractivity contribution in [3.8, 4) is 0 Å². The van der Waals surface area contributed by atoms with Crippen LogP contribution in [0.5, 0.6) is 0 Å². The Morgan fingerprint density at radius 3 is 2.44 bits per heavy atom. The molecule has 2 aromatic rings. The van der Waals surface area contributed by atoms with Gasteiger partial charge in [0.05, 0.1) is 0 Å². The monoisotopic (exact) mass is 236 g/mol. The Balaban J connectivity index is 2.07. The Morgan fingerprint density at radius 2 is 1.88 bits per heavy atom. The topological polar surface area (TPSA) is 103 Å². The summed E-state index contributed by atoms with van der Waals surface area (Å²) in [6, 6.07) is 0. The maximum atomic E-state index is 5.46. The summed E-state index contributed by atoms with van der Waals surface area (Å²) in [5.41, 5.74) is 13.4. The first-order valence-electron chi connectivity index (χ1n) is 4.67. The third kappa shape index (κ3) is 2.37. The Hall–Kier alpha value is -1.89. The van der Waals surface area contributed by atoms with Crippen molar-refractivity contribution in [3.63, 3.8) is 0 Å². The summed E-state index contributed by atoms with van der Waals surface area (Å²) in [6.45, 7) is 2.71. The molecule has 16 heavy (non-hydrogen) atoms. The van der Waals surface area contributed by atoms with E-state index in [9.17, 15) is 0 Å². The van der Waals surface area contributed by atoms with Crippen LogP contribution < -0.4 is 16.8 Å². The highest BCUT2D eigenvalue weighted by atomic mass is 32.1. The number of nitrogens with one attached hydrogen (secondary N) is 1. The van der Waals surface area contributed by atoms with Crippen LogP contribution in [-0.4, -0.2) is 15.0 Å². The first-order chi connectivity index (χ1) is 7.65. The Bertz CT molecular complexity index is 474. The van der Waals surface area contributed by atoms with E-state index in [1.54, 1.807) is 11.3 Å². The van der Waals surface area contributed by atoms with Crippen LogP contribution in [-0.2, 0) is 6.54 Å². The zero-order valence-electron chi connectivity index (χ0n) is 8.77. The molecule has 2 heterocycles. The van der Waals surface area contributed by atoms with Gasteiger partial charge in [-0.05, 0) is 28.8 Å². The van der Waals surface area contributed by atoms with E-state index in [2.05, 4.69) is 38.0 Å². The fourth-order valence-corrected chi connectivity index (χ4v) is 2.09. The second-order valence-corrected chi connectivity index (χ2v) is 4.05. The van der Waals surface area contributed by atoms with Gasteiger partial charge in [0, 0.05) is 6.54 Å². The standard InChI is InChI=1S/C9H12N6S/c1-5-3-16-4-6(5)2-12-9-14-7(10)13-8(11)15-9/h3-4H,2H2,1H3,(H5,10,11,12,13,14,15). The highest BCUT2D eigenvalue weighted by Gasteiger charge is 2.03. The van der Waals surface area contributed by atoms with Crippen LogP contribution in [0.1, 0.15) is 11.1 Å². The molecule has 0 unspecified atom stereocenters. The van der Waals surface area contributed by atoms with Gasteiger partial charge in [-0.15, -0.1) is 0 Å². The minimum absolute atomic E-state index is 0.122. The molecule has 2 rings (SSSR count). The second-order valence-electron chi connectivity index (χ2n) is 3.31. The average molecular weight is 236 g/mol. The number of nitrogen functional groups attached to an aromatic ring is 2. The molecule has 0 amide bonds. The average Bonchev–Trinajstić information content (AvgIpc) is 2.59. The lowest BCUT2D eigenvalue weighted by atomic mass is 10.2. The molecule has 0 radical (unpaired) electrons. The molecule has 0 atom stereocenters. The molecule has 7 heteroatoms. The van der Waals surface area contributed by atoms with Crippen molar-refractivity contribution in [2.45, 2.75) is 13.5 Å². The largest absolute Gasteiger partial charge is 0.368 e. The molecule has 0 saturated heterocycles. The van der Waals surface area contributed by atoms with Crippen LogP contribution in [0.4, 0.5) is 17.8 Å². The number of anilines is 3. The number of rotatable bonds is 3. The first-order valence-corrected chi connectivity index (χ1v) is 5.62.